The van der Waals surface area contributed by atoms with Gasteiger partial charge in [0.2, 0.25) is 35.4 Å². The zero-order valence-electron chi connectivity index (χ0n) is 31.6. The summed E-state index contributed by atoms with van der Waals surface area (Å²) in [5.74, 6) is -6.31. The third-order valence-corrected chi connectivity index (χ3v) is 9.88. The summed E-state index contributed by atoms with van der Waals surface area (Å²) in [6, 6.07) is 0.568. The maximum atomic E-state index is 14.0. The second kappa shape index (κ2) is 23.5. The highest BCUT2D eigenvalue weighted by Gasteiger charge is 2.40. The minimum Gasteiger partial charge on any atom is -0.481 e. The highest BCUT2D eigenvalue weighted by molar-refractivity contribution is 7.98. The molecule has 55 heavy (non-hydrogen) atoms. The number of nitrogens with zero attached hydrogens (tertiary/aromatic N) is 1. The first-order chi connectivity index (χ1) is 26.0. The van der Waals surface area contributed by atoms with Gasteiger partial charge in [0.05, 0.1) is 6.04 Å². The van der Waals surface area contributed by atoms with E-state index in [2.05, 4.69) is 39.2 Å². The Labute approximate surface area is 330 Å². The Bertz CT molecular complexity index is 1500. The number of nitrogens with one attached hydrogen (secondary N) is 5. The second-order valence-electron chi connectivity index (χ2n) is 13.8. The fourth-order valence-electron chi connectivity index (χ4n) is 5.88. The van der Waals surface area contributed by atoms with E-state index in [-0.39, 0.29) is 43.9 Å². The summed E-state index contributed by atoms with van der Waals surface area (Å²) >= 11 is 5.56. The SMILES string of the molecule is CSCC[C@H](NC(=O)[C@H](CS)NC(=O)[C@@H]1CCCN1C(=O)[C@H](CCC(=O)O)NC(=O)[C@H](Cc1ccccc1)NC(=O)[C@H](C)NC(=O)[C@@H](N)CC(C)C)C(=O)O. The summed E-state index contributed by atoms with van der Waals surface area (Å²) in [7, 11) is 0. The number of aliphatic carboxylic acids is 2. The number of hydrogen-bond acceptors (Lipinski definition) is 11. The van der Waals surface area contributed by atoms with E-state index < -0.39 is 96.1 Å². The highest BCUT2D eigenvalue weighted by atomic mass is 32.2. The van der Waals surface area contributed by atoms with Crippen molar-refractivity contribution in [1.82, 2.24) is 31.5 Å². The van der Waals surface area contributed by atoms with Crippen LogP contribution in [0.25, 0.3) is 0 Å². The number of hydrogen-bond donors (Lipinski definition) is 9. The van der Waals surface area contributed by atoms with Crippen molar-refractivity contribution in [2.24, 2.45) is 11.7 Å². The first-order valence-electron chi connectivity index (χ1n) is 18.1. The van der Waals surface area contributed by atoms with Crippen LogP contribution in [-0.2, 0) is 44.8 Å². The molecule has 2 rings (SSSR count). The molecule has 0 bridgehead atoms. The minimum absolute atomic E-state index is 0.0201. The predicted molar refractivity (Wildman–Crippen MR) is 209 cm³/mol. The molecular formula is C36H55N7O10S2. The van der Waals surface area contributed by atoms with Crippen LogP contribution in [-0.4, -0.2) is 129 Å². The molecule has 0 spiro atoms. The van der Waals surface area contributed by atoms with Gasteiger partial charge in [-0.25, -0.2) is 4.79 Å². The van der Waals surface area contributed by atoms with Gasteiger partial charge >= 0.3 is 11.9 Å². The van der Waals surface area contributed by atoms with Gasteiger partial charge < -0.3 is 47.4 Å². The molecule has 1 aliphatic rings. The number of carboxylic acids is 2. The molecular weight excluding hydrogens is 755 g/mol. The number of likely N-dealkylation sites (tertiary alicyclic amines) is 1. The number of thioether (sulfide) groups is 1. The van der Waals surface area contributed by atoms with E-state index in [0.29, 0.717) is 24.2 Å². The molecule has 6 amide bonds. The van der Waals surface area contributed by atoms with E-state index in [9.17, 15) is 48.6 Å². The van der Waals surface area contributed by atoms with E-state index in [4.69, 9.17) is 5.73 Å². The van der Waals surface area contributed by atoms with Crippen molar-refractivity contribution in [3.63, 3.8) is 0 Å². The topological polar surface area (TPSA) is 266 Å². The van der Waals surface area contributed by atoms with Crippen LogP contribution < -0.4 is 32.3 Å². The lowest BCUT2D eigenvalue weighted by Gasteiger charge is -2.30. The van der Waals surface area contributed by atoms with E-state index in [1.54, 1.807) is 36.6 Å². The van der Waals surface area contributed by atoms with Gasteiger partial charge in [0.15, 0.2) is 0 Å². The summed E-state index contributed by atoms with van der Waals surface area (Å²) < 4.78 is 0. The van der Waals surface area contributed by atoms with Gasteiger partial charge in [-0.3, -0.25) is 33.6 Å². The van der Waals surface area contributed by atoms with E-state index in [1.165, 1.54) is 23.6 Å². The molecule has 1 aromatic rings. The van der Waals surface area contributed by atoms with Crippen molar-refractivity contribution < 1.29 is 48.6 Å². The Kier molecular flexibility index (Phi) is 20.0. The van der Waals surface area contributed by atoms with Gasteiger partial charge in [0.25, 0.3) is 0 Å². The van der Waals surface area contributed by atoms with Crippen LogP contribution in [0.3, 0.4) is 0 Å². The average molecular weight is 810 g/mol. The number of thiol groups is 1. The fourth-order valence-corrected chi connectivity index (χ4v) is 6.61. The molecule has 0 radical (unpaired) electrons. The Morgan fingerprint density at radius 1 is 0.836 bits per heavy atom. The third-order valence-electron chi connectivity index (χ3n) is 8.87. The lowest BCUT2D eigenvalue weighted by molar-refractivity contribution is -0.144. The fraction of sp³-hybridized carbons (Fsp3) is 0.611. The van der Waals surface area contributed by atoms with Crippen molar-refractivity contribution in [3.8, 4) is 0 Å². The number of benzene rings is 1. The van der Waals surface area contributed by atoms with E-state index in [0.717, 1.165) is 0 Å². The first kappa shape index (κ1) is 46.8. The molecule has 0 unspecified atom stereocenters. The molecule has 17 nitrogen and oxygen atoms in total. The van der Waals surface area contributed by atoms with Crippen LogP contribution in [0.5, 0.6) is 0 Å². The quantitative estimate of drug-likeness (QED) is 0.0644. The summed E-state index contributed by atoms with van der Waals surface area (Å²) in [6.45, 7) is 5.32. The van der Waals surface area contributed by atoms with Crippen LogP contribution in [0, 0.1) is 5.92 Å². The predicted octanol–water partition coefficient (Wildman–Crippen LogP) is -0.330. The van der Waals surface area contributed by atoms with Crippen molar-refractivity contribution in [2.75, 3.05) is 24.3 Å². The number of rotatable bonds is 23. The van der Waals surface area contributed by atoms with Crippen molar-refractivity contribution in [1.29, 1.82) is 0 Å². The number of carboxylic acid groups (broad SMARTS) is 2. The summed E-state index contributed by atoms with van der Waals surface area (Å²) in [4.78, 5) is 105. The van der Waals surface area contributed by atoms with Crippen molar-refractivity contribution in [3.05, 3.63) is 35.9 Å². The monoisotopic (exact) mass is 809 g/mol. The number of amides is 6. The minimum atomic E-state index is -1.42. The van der Waals surface area contributed by atoms with Crippen LogP contribution in [0.1, 0.15) is 64.9 Å². The molecule has 306 valence electrons. The van der Waals surface area contributed by atoms with Crippen LogP contribution >= 0.6 is 24.4 Å². The molecule has 7 atom stereocenters. The number of carbonyl (C=O) groups excluding carboxylic acids is 6. The summed E-state index contributed by atoms with van der Waals surface area (Å²) in [5, 5.41) is 31.7. The molecule has 0 aromatic heterocycles. The lowest BCUT2D eigenvalue weighted by atomic mass is 10.0. The van der Waals surface area contributed by atoms with Crippen LogP contribution in [0.2, 0.25) is 0 Å². The molecule has 1 saturated heterocycles. The van der Waals surface area contributed by atoms with E-state index in [1.807, 2.05) is 13.8 Å². The maximum Gasteiger partial charge on any atom is 0.326 e. The Hall–Kier alpha value is -4.36. The van der Waals surface area contributed by atoms with Gasteiger partial charge in [0, 0.05) is 25.1 Å². The zero-order chi connectivity index (χ0) is 41.2. The van der Waals surface area contributed by atoms with Gasteiger partial charge in [-0.15, -0.1) is 0 Å². The van der Waals surface area contributed by atoms with Gasteiger partial charge in [-0.1, -0.05) is 44.2 Å². The molecule has 1 aliphatic heterocycles. The summed E-state index contributed by atoms with van der Waals surface area (Å²) in [5.41, 5.74) is 6.62. The average Bonchev–Trinajstić information content (AvgIpc) is 3.63. The molecule has 9 N–H and O–H groups in total. The maximum absolute atomic E-state index is 14.0. The number of carbonyl (C=O) groups is 8. The Morgan fingerprint density at radius 2 is 1.45 bits per heavy atom. The largest absolute Gasteiger partial charge is 0.481 e. The molecule has 0 aliphatic carbocycles. The van der Waals surface area contributed by atoms with Crippen LogP contribution in [0.15, 0.2) is 30.3 Å². The normalized spacial score (nSPS) is 17.1. The van der Waals surface area contributed by atoms with Gasteiger partial charge in [-0.05, 0) is 62.5 Å². The standard InChI is InChI=1S/C36H55N7O10S2/c1-20(2)17-23(37)31(47)38-21(3)30(46)41-26(18-22-9-6-5-7-10-22)32(48)39-24(12-13-29(44)45)35(51)43-15-8-11-28(43)34(50)42-27(19-54)33(49)40-25(36(52)53)14-16-55-4/h5-7,9-10,20-21,23-28,54H,8,11-19,37H2,1-4H3,(H,38,47)(H,39,48)(H,40,49)(H,41,46)(H,42,50)(H,44,45)(H,52,53)/t21-,23-,24-,25-,26-,27-,28-/m0/s1. The van der Waals surface area contributed by atoms with Crippen molar-refractivity contribution >= 4 is 71.8 Å². The van der Waals surface area contributed by atoms with Crippen LogP contribution in [0.4, 0.5) is 0 Å². The number of nitrogens with two attached hydrogens (primary N) is 1. The third kappa shape index (κ3) is 15.7. The van der Waals surface area contributed by atoms with Crippen molar-refractivity contribution in [2.45, 2.75) is 108 Å². The molecule has 1 heterocycles. The van der Waals surface area contributed by atoms with E-state index >= 15 is 0 Å². The first-order valence-corrected chi connectivity index (χ1v) is 20.2. The second-order valence-corrected chi connectivity index (χ2v) is 15.2. The Morgan fingerprint density at radius 3 is 2.04 bits per heavy atom. The lowest BCUT2D eigenvalue weighted by Crippen LogP contribution is -2.60. The molecule has 0 saturated carbocycles. The molecule has 1 aromatic carbocycles. The zero-order valence-corrected chi connectivity index (χ0v) is 33.3. The van der Waals surface area contributed by atoms with Gasteiger partial charge in [-0.2, -0.15) is 24.4 Å². The molecule has 19 heteroatoms. The highest BCUT2D eigenvalue weighted by Crippen LogP contribution is 2.20. The molecule has 1 fully saturated rings. The smallest absolute Gasteiger partial charge is 0.326 e. The summed E-state index contributed by atoms with van der Waals surface area (Å²) in [6.07, 6.45) is 2.04. The van der Waals surface area contributed by atoms with Gasteiger partial charge in [0.1, 0.15) is 36.3 Å². The Balaban J connectivity index is 2.27.